The van der Waals surface area contributed by atoms with Crippen LogP contribution in [0.5, 0.6) is 11.5 Å². The van der Waals surface area contributed by atoms with Gasteiger partial charge >= 0.3 is 0 Å². The second kappa shape index (κ2) is 9.55. The van der Waals surface area contributed by atoms with Gasteiger partial charge in [0, 0.05) is 5.56 Å². The van der Waals surface area contributed by atoms with Crippen LogP contribution in [0.2, 0.25) is 0 Å². The Hall–Kier alpha value is -2.18. The van der Waals surface area contributed by atoms with Gasteiger partial charge < -0.3 is 18.9 Å². The molecule has 2 aliphatic rings. The predicted molar refractivity (Wildman–Crippen MR) is 110 cm³/mol. The summed E-state index contributed by atoms with van der Waals surface area (Å²) in [5, 5.41) is 0. The number of epoxide rings is 2. The summed E-state index contributed by atoms with van der Waals surface area (Å²) >= 11 is 0. The van der Waals surface area contributed by atoms with Crippen LogP contribution in [0.25, 0.3) is 11.4 Å². The molecule has 0 N–H and O–H groups in total. The second-order valence-electron chi connectivity index (χ2n) is 7.75. The molecule has 2 saturated heterocycles. The minimum Gasteiger partial charge on any atom is -0.491 e. The Morgan fingerprint density at radius 3 is 2.00 bits per heavy atom. The lowest BCUT2D eigenvalue weighted by Crippen LogP contribution is -2.08. The predicted octanol–water partition coefficient (Wildman–Crippen LogP) is 4.43. The monoisotopic (exact) mass is 398 g/mol. The first kappa shape index (κ1) is 20.1. The normalized spacial score (nSPS) is 24.9. The van der Waals surface area contributed by atoms with E-state index in [0.717, 1.165) is 30.6 Å². The third-order valence-electron chi connectivity index (χ3n) is 5.36. The molecule has 2 aromatic rings. The maximum absolute atomic E-state index is 5.81. The van der Waals surface area contributed by atoms with E-state index in [9.17, 15) is 0 Å². The average Bonchev–Trinajstić information content (AvgIpc) is 3.67. The molecular formula is C23H30N2O4. The summed E-state index contributed by atoms with van der Waals surface area (Å²) in [7, 11) is 0. The fraction of sp³-hybridized carbons (Fsp3) is 0.565. The van der Waals surface area contributed by atoms with E-state index in [-0.39, 0.29) is 12.2 Å². The number of rotatable bonds is 12. The third kappa shape index (κ3) is 5.67. The standard InChI is InChI=1S/C23H30N2O4/c1-3-5-7-20-22(29-20)15-27-18-12-24-23(25-13-18)16-8-10-17(11-9-16)26-14-21-19(28-21)6-4-2/h8-13,19-22H,3-7,14-15H2,1-2H3/t19-,20-,21-,22-/m0/s1. The number of hydrogen-bond donors (Lipinski definition) is 0. The van der Waals surface area contributed by atoms with Crippen molar-refractivity contribution in [2.24, 2.45) is 0 Å². The molecule has 1 aromatic heterocycles. The maximum Gasteiger partial charge on any atom is 0.159 e. The SMILES string of the molecule is CCCC[C@@H]1O[C@H]1COc1cnc(-c2ccc(OC[C@@H]3O[C@H]3CCC)cc2)nc1. The highest BCUT2D eigenvalue weighted by Gasteiger charge is 2.39. The van der Waals surface area contributed by atoms with Crippen LogP contribution in [-0.4, -0.2) is 47.6 Å². The minimum atomic E-state index is 0.215. The Morgan fingerprint density at radius 2 is 1.38 bits per heavy atom. The lowest BCUT2D eigenvalue weighted by molar-refractivity contribution is 0.258. The summed E-state index contributed by atoms with van der Waals surface area (Å²) < 4.78 is 22.8. The molecule has 0 radical (unpaired) electrons. The van der Waals surface area contributed by atoms with Gasteiger partial charge in [0.05, 0.1) is 24.6 Å². The van der Waals surface area contributed by atoms with Crippen LogP contribution in [-0.2, 0) is 9.47 Å². The number of hydrogen-bond acceptors (Lipinski definition) is 6. The van der Waals surface area contributed by atoms with Crippen LogP contribution in [0.4, 0.5) is 0 Å². The second-order valence-corrected chi connectivity index (χ2v) is 7.75. The fourth-order valence-corrected chi connectivity index (χ4v) is 3.45. The Kier molecular flexibility index (Phi) is 6.62. The van der Waals surface area contributed by atoms with Gasteiger partial charge in [0.2, 0.25) is 0 Å². The first-order valence-corrected chi connectivity index (χ1v) is 10.8. The molecule has 2 aliphatic heterocycles. The summed E-state index contributed by atoms with van der Waals surface area (Å²) in [5.41, 5.74) is 0.945. The molecule has 0 unspecified atom stereocenters. The van der Waals surface area contributed by atoms with E-state index in [1.54, 1.807) is 12.4 Å². The smallest absolute Gasteiger partial charge is 0.159 e. The molecule has 1 aromatic carbocycles. The zero-order chi connectivity index (χ0) is 20.1. The largest absolute Gasteiger partial charge is 0.491 e. The highest BCUT2D eigenvalue weighted by atomic mass is 16.6. The molecule has 0 aliphatic carbocycles. The molecule has 3 heterocycles. The molecule has 6 nitrogen and oxygen atoms in total. The van der Waals surface area contributed by atoms with Gasteiger partial charge in [-0.3, -0.25) is 0 Å². The van der Waals surface area contributed by atoms with E-state index in [1.807, 2.05) is 24.3 Å². The molecule has 0 bridgehead atoms. The Bertz CT molecular complexity index is 765. The molecule has 2 fully saturated rings. The van der Waals surface area contributed by atoms with Gasteiger partial charge in [0.25, 0.3) is 0 Å². The maximum atomic E-state index is 5.81. The quantitative estimate of drug-likeness (QED) is 0.493. The van der Waals surface area contributed by atoms with E-state index >= 15 is 0 Å². The van der Waals surface area contributed by atoms with Crippen molar-refractivity contribution >= 4 is 0 Å². The van der Waals surface area contributed by atoms with Crippen LogP contribution < -0.4 is 9.47 Å². The van der Waals surface area contributed by atoms with Gasteiger partial charge in [-0.05, 0) is 37.1 Å². The van der Waals surface area contributed by atoms with Crippen molar-refractivity contribution < 1.29 is 18.9 Å². The van der Waals surface area contributed by atoms with Gasteiger partial charge in [-0.2, -0.15) is 0 Å². The van der Waals surface area contributed by atoms with Gasteiger partial charge in [-0.25, -0.2) is 9.97 Å². The Morgan fingerprint density at radius 1 is 0.759 bits per heavy atom. The van der Waals surface area contributed by atoms with Crippen molar-refractivity contribution in [3.8, 4) is 22.9 Å². The lowest BCUT2D eigenvalue weighted by Gasteiger charge is -2.07. The zero-order valence-electron chi connectivity index (χ0n) is 17.3. The molecule has 6 heteroatoms. The third-order valence-corrected chi connectivity index (χ3v) is 5.36. The van der Waals surface area contributed by atoms with Crippen LogP contribution in [0, 0.1) is 0 Å². The van der Waals surface area contributed by atoms with Crippen molar-refractivity contribution in [3.05, 3.63) is 36.7 Å². The van der Waals surface area contributed by atoms with Crippen LogP contribution in [0.15, 0.2) is 36.7 Å². The number of unbranched alkanes of at least 4 members (excludes halogenated alkanes) is 1. The number of benzene rings is 1. The van der Waals surface area contributed by atoms with Gasteiger partial charge in [0.1, 0.15) is 31.2 Å². The fourth-order valence-electron chi connectivity index (χ4n) is 3.45. The average molecular weight is 399 g/mol. The van der Waals surface area contributed by atoms with Gasteiger partial charge in [-0.1, -0.05) is 33.1 Å². The van der Waals surface area contributed by atoms with Crippen molar-refractivity contribution in [1.82, 2.24) is 9.97 Å². The summed E-state index contributed by atoms with van der Waals surface area (Å²) in [6, 6.07) is 7.83. The minimum absolute atomic E-state index is 0.215. The molecule has 0 spiro atoms. The molecule has 156 valence electrons. The first-order chi connectivity index (χ1) is 14.3. The molecule has 29 heavy (non-hydrogen) atoms. The van der Waals surface area contributed by atoms with Gasteiger partial charge in [0.15, 0.2) is 11.6 Å². The molecule has 0 amide bonds. The number of ether oxygens (including phenoxy) is 4. The number of aromatic nitrogens is 2. The Labute approximate surface area is 172 Å². The molecular weight excluding hydrogens is 368 g/mol. The van der Waals surface area contributed by atoms with E-state index in [0.29, 0.717) is 37.0 Å². The van der Waals surface area contributed by atoms with Crippen molar-refractivity contribution in [3.63, 3.8) is 0 Å². The summed E-state index contributed by atoms with van der Waals surface area (Å²) in [6.45, 7) is 5.53. The number of nitrogens with zero attached hydrogens (tertiary/aromatic N) is 2. The van der Waals surface area contributed by atoms with Crippen LogP contribution >= 0.6 is 0 Å². The Balaban J connectivity index is 1.21. The van der Waals surface area contributed by atoms with Crippen molar-refractivity contribution in [1.29, 1.82) is 0 Å². The summed E-state index contributed by atoms with van der Waals surface area (Å²) in [6.07, 6.45) is 10.4. The van der Waals surface area contributed by atoms with E-state index in [2.05, 4.69) is 23.8 Å². The van der Waals surface area contributed by atoms with Crippen molar-refractivity contribution in [2.45, 2.75) is 70.4 Å². The highest BCUT2D eigenvalue weighted by molar-refractivity contribution is 5.56. The van der Waals surface area contributed by atoms with E-state index < -0.39 is 0 Å². The lowest BCUT2D eigenvalue weighted by atomic mass is 10.2. The highest BCUT2D eigenvalue weighted by Crippen LogP contribution is 2.29. The molecule has 4 rings (SSSR count). The topological polar surface area (TPSA) is 69.3 Å². The van der Waals surface area contributed by atoms with E-state index in [1.165, 1.54) is 12.8 Å². The molecule has 4 atom stereocenters. The van der Waals surface area contributed by atoms with Gasteiger partial charge in [-0.15, -0.1) is 0 Å². The van der Waals surface area contributed by atoms with Crippen LogP contribution in [0.1, 0.15) is 46.0 Å². The molecule has 0 saturated carbocycles. The van der Waals surface area contributed by atoms with E-state index in [4.69, 9.17) is 18.9 Å². The first-order valence-electron chi connectivity index (χ1n) is 10.8. The van der Waals surface area contributed by atoms with Crippen molar-refractivity contribution in [2.75, 3.05) is 13.2 Å². The summed E-state index contributed by atoms with van der Waals surface area (Å²) in [5.74, 6) is 2.17. The summed E-state index contributed by atoms with van der Waals surface area (Å²) in [4.78, 5) is 8.84. The van der Waals surface area contributed by atoms with Crippen LogP contribution in [0.3, 0.4) is 0 Å². The zero-order valence-corrected chi connectivity index (χ0v) is 17.3.